The first-order chi connectivity index (χ1) is 13.9. The summed E-state index contributed by atoms with van der Waals surface area (Å²) in [7, 11) is -3.88. The summed E-state index contributed by atoms with van der Waals surface area (Å²) in [6, 6.07) is 12.7. The summed E-state index contributed by atoms with van der Waals surface area (Å²) < 4.78 is 28.5. The lowest BCUT2D eigenvalue weighted by atomic mass is 10.0. The number of aromatic nitrogens is 1. The summed E-state index contributed by atoms with van der Waals surface area (Å²) in [6.45, 7) is 1.51. The second-order valence-corrected chi connectivity index (χ2v) is 8.84. The van der Waals surface area contributed by atoms with Crippen molar-refractivity contribution in [1.82, 2.24) is 10.3 Å². The minimum atomic E-state index is -3.88. The maximum atomic E-state index is 13.0. The second-order valence-electron chi connectivity index (χ2n) is 6.72. The fourth-order valence-electron chi connectivity index (χ4n) is 3.28. The van der Waals surface area contributed by atoms with Gasteiger partial charge in [-0.2, -0.15) is 0 Å². The molecule has 148 valence electrons. The van der Waals surface area contributed by atoms with E-state index < -0.39 is 10.0 Å². The van der Waals surface area contributed by atoms with E-state index in [9.17, 15) is 13.2 Å². The van der Waals surface area contributed by atoms with Crippen molar-refractivity contribution in [1.29, 1.82) is 0 Å². The minimum Gasteiger partial charge on any atom is -0.312 e. The summed E-state index contributed by atoms with van der Waals surface area (Å²) in [4.78, 5) is 17.0. The zero-order valence-electron chi connectivity index (χ0n) is 15.4. The molecule has 0 unspecified atom stereocenters. The first kappa shape index (κ1) is 19.6. The highest BCUT2D eigenvalue weighted by molar-refractivity contribution is 7.92. The predicted octanol–water partition coefficient (Wildman–Crippen LogP) is 3.41. The van der Waals surface area contributed by atoms with Crippen LogP contribution < -0.4 is 10.0 Å². The van der Waals surface area contributed by atoms with Crippen molar-refractivity contribution in [2.24, 2.45) is 0 Å². The van der Waals surface area contributed by atoms with Crippen LogP contribution in [0.4, 0.5) is 5.69 Å². The van der Waals surface area contributed by atoms with Gasteiger partial charge in [0.15, 0.2) is 5.78 Å². The Morgan fingerprint density at radius 1 is 1.03 bits per heavy atom. The standard InChI is InChI=1S/C21H18ClN3O3S/c22-17-2-4-20(19(12-17)21(26)15-6-8-23-9-7-15)25-29(27,28)18-3-1-14-5-10-24-13-16(14)11-18/h1-4,6-9,11-12,24-25H,5,10,13H2. The molecule has 0 spiro atoms. The normalized spacial score (nSPS) is 13.6. The number of halogens is 1. The van der Waals surface area contributed by atoms with Crippen LogP contribution in [0.15, 0.2) is 65.8 Å². The molecule has 0 saturated heterocycles. The zero-order valence-corrected chi connectivity index (χ0v) is 16.9. The van der Waals surface area contributed by atoms with Crippen LogP contribution >= 0.6 is 11.6 Å². The van der Waals surface area contributed by atoms with Crippen LogP contribution in [0.2, 0.25) is 5.02 Å². The number of nitrogens with zero attached hydrogens (tertiary/aromatic N) is 1. The van der Waals surface area contributed by atoms with Gasteiger partial charge in [-0.25, -0.2) is 8.42 Å². The van der Waals surface area contributed by atoms with Gasteiger partial charge in [0.05, 0.1) is 10.6 Å². The monoisotopic (exact) mass is 427 g/mol. The second kappa shape index (κ2) is 7.94. The molecule has 4 rings (SSSR count). The van der Waals surface area contributed by atoms with E-state index in [4.69, 9.17) is 11.6 Å². The molecule has 0 amide bonds. The van der Waals surface area contributed by atoms with Crippen LogP contribution in [0.1, 0.15) is 27.0 Å². The molecule has 0 atom stereocenters. The van der Waals surface area contributed by atoms with Crippen LogP contribution in [-0.2, 0) is 23.0 Å². The Kier molecular flexibility index (Phi) is 5.36. The molecule has 1 aromatic heterocycles. The Hall–Kier alpha value is -2.74. The molecule has 0 radical (unpaired) electrons. The van der Waals surface area contributed by atoms with E-state index >= 15 is 0 Å². The average Bonchev–Trinajstić information content (AvgIpc) is 2.74. The van der Waals surface area contributed by atoms with Crippen LogP contribution in [-0.4, -0.2) is 25.7 Å². The van der Waals surface area contributed by atoms with Crippen molar-refractivity contribution < 1.29 is 13.2 Å². The van der Waals surface area contributed by atoms with E-state index in [0.29, 0.717) is 17.1 Å². The van der Waals surface area contributed by atoms with Crippen molar-refractivity contribution in [3.63, 3.8) is 0 Å². The van der Waals surface area contributed by atoms with Gasteiger partial charge in [-0.05, 0) is 66.6 Å². The quantitative estimate of drug-likeness (QED) is 0.609. The Morgan fingerprint density at radius 3 is 2.62 bits per heavy atom. The summed E-state index contributed by atoms with van der Waals surface area (Å²) in [5.74, 6) is -0.345. The third-order valence-electron chi connectivity index (χ3n) is 4.79. The summed E-state index contributed by atoms with van der Waals surface area (Å²) in [6.07, 6.45) is 3.87. The molecular weight excluding hydrogens is 410 g/mol. The van der Waals surface area contributed by atoms with E-state index in [2.05, 4.69) is 15.0 Å². The van der Waals surface area contributed by atoms with Gasteiger partial charge in [0, 0.05) is 35.1 Å². The number of sulfonamides is 1. The van der Waals surface area contributed by atoms with Gasteiger partial charge in [-0.3, -0.25) is 14.5 Å². The van der Waals surface area contributed by atoms with Gasteiger partial charge < -0.3 is 5.32 Å². The number of fused-ring (bicyclic) bond motifs is 1. The van der Waals surface area contributed by atoms with Crippen molar-refractivity contribution in [3.05, 3.63) is 88.2 Å². The Balaban J connectivity index is 1.70. The number of rotatable bonds is 5. The number of carbonyl (C=O) groups excluding carboxylic acids is 1. The molecule has 0 aliphatic carbocycles. The van der Waals surface area contributed by atoms with Gasteiger partial charge in [0.1, 0.15) is 0 Å². The third-order valence-corrected chi connectivity index (χ3v) is 6.39. The molecule has 2 N–H and O–H groups in total. The lowest BCUT2D eigenvalue weighted by Crippen LogP contribution is -2.24. The van der Waals surface area contributed by atoms with Crippen molar-refractivity contribution in [2.45, 2.75) is 17.9 Å². The highest BCUT2D eigenvalue weighted by Gasteiger charge is 2.21. The molecule has 8 heteroatoms. The SMILES string of the molecule is O=C(c1ccncc1)c1cc(Cl)ccc1NS(=O)(=O)c1ccc2c(c1)CNCC2. The summed E-state index contributed by atoms with van der Waals surface area (Å²) in [5, 5.41) is 3.58. The molecule has 1 aliphatic rings. The van der Waals surface area contributed by atoms with Crippen LogP contribution in [0.3, 0.4) is 0 Å². The maximum absolute atomic E-state index is 13.0. The van der Waals surface area contributed by atoms with Crippen molar-refractivity contribution >= 4 is 33.1 Å². The minimum absolute atomic E-state index is 0.150. The Morgan fingerprint density at radius 2 is 1.83 bits per heavy atom. The molecule has 3 aromatic rings. The number of hydrogen-bond acceptors (Lipinski definition) is 5. The molecule has 2 heterocycles. The van der Waals surface area contributed by atoms with Gasteiger partial charge >= 0.3 is 0 Å². The van der Waals surface area contributed by atoms with E-state index in [1.807, 2.05) is 6.07 Å². The molecule has 29 heavy (non-hydrogen) atoms. The van der Waals surface area contributed by atoms with Crippen molar-refractivity contribution in [2.75, 3.05) is 11.3 Å². The molecule has 2 aromatic carbocycles. The van der Waals surface area contributed by atoms with Gasteiger partial charge in [-0.1, -0.05) is 17.7 Å². The first-order valence-electron chi connectivity index (χ1n) is 9.04. The van der Waals surface area contributed by atoms with Gasteiger partial charge in [0.25, 0.3) is 10.0 Å². The molecule has 6 nitrogen and oxygen atoms in total. The largest absolute Gasteiger partial charge is 0.312 e. The van der Waals surface area contributed by atoms with Crippen LogP contribution in [0.25, 0.3) is 0 Å². The smallest absolute Gasteiger partial charge is 0.261 e. The third kappa shape index (κ3) is 4.17. The number of pyridine rings is 1. The number of nitrogens with one attached hydrogen (secondary N) is 2. The van der Waals surface area contributed by atoms with Crippen LogP contribution in [0, 0.1) is 0 Å². The highest BCUT2D eigenvalue weighted by atomic mass is 35.5. The van der Waals surface area contributed by atoms with Crippen molar-refractivity contribution in [3.8, 4) is 0 Å². The maximum Gasteiger partial charge on any atom is 0.261 e. The molecular formula is C21H18ClN3O3S. The average molecular weight is 428 g/mol. The molecule has 0 saturated carbocycles. The number of hydrogen-bond donors (Lipinski definition) is 2. The lowest BCUT2D eigenvalue weighted by molar-refractivity contribution is 0.103. The number of ketones is 1. The zero-order chi connectivity index (χ0) is 20.4. The topological polar surface area (TPSA) is 88.2 Å². The molecule has 0 bridgehead atoms. The molecule has 1 aliphatic heterocycles. The fraction of sp³-hybridized carbons (Fsp3) is 0.143. The van der Waals surface area contributed by atoms with Crippen LogP contribution in [0.5, 0.6) is 0 Å². The number of benzene rings is 2. The lowest BCUT2D eigenvalue weighted by Gasteiger charge is -2.18. The van der Waals surface area contributed by atoms with E-state index in [-0.39, 0.29) is 21.9 Å². The van der Waals surface area contributed by atoms with E-state index in [0.717, 1.165) is 24.1 Å². The van der Waals surface area contributed by atoms with Gasteiger partial charge in [0.2, 0.25) is 0 Å². The number of anilines is 1. The first-order valence-corrected chi connectivity index (χ1v) is 10.9. The van der Waals surface area contributed by atoms with Gasteiger partial charge in [-0.15, -0.1) is 0 Å². The predicted molar refractivity (Wildman–Crippen MR) is 112 cm³/mol. The fourth-order valence-corrected chi connectivity index (χ4v) is 4.58. The molecule has 0 fully saturated rings. The number of carbonyl (C=O) groups is 1. The summed E-state index contributed by atoms with van der Waals surface area (Å²) >= 11 is 6.07. The summed E-state index contributed by atoms with van der Waals surface area (Å²) in [5.41, 5.74) is 2.84. The van der Waals surface area contributed by atoms with E-state index in [1.54, 1.807) is 30.3 Å². The highest BCUT2D eigenvalue weighted by Crippen LogP contribution is 2.27. The Labute approximate surface area is 174 Å². The Bertz CT molecular complexity index is 1180. The van der Waals surface area contributed by atoms with E-state index in [1.165, 1.54) is 24.5 Å².